The molecule has 2 N–H and O–H groups in total. The molecule has 0 radical (unpaired) electrons. The average Bonchev–Trinajstić information content (AvgIpc) is 2.10. The summed E-state index contributed by atoms with van der Waals surface area (Å²) >= 11 is 0. The first-order chi connectivity index (χ1) is 6.60. The fourth-order valence-corrected chi connectivity index (χ4v) is 1.19. The fourth-order valence-electron chi connectivity index (χ4n) is 1.19. The van der Waals surface area contributed by atoms with E-state index in [9.17, 15) is 4.79 Å². The second-order valence-corrected chi connectivity index (χ2v) is 3.69. The van der Waals surface area contributed by atoms with Crippen molar-refractivity contribution in [3.05, 3.63) is 0 Å². The van der Waals surface area contributed by atoms with Gasteiger partial charge in [0.05, 0.1) is 6.54 Å². The zero-order chi connectivity index (χ0) is 11.0. The van der Waals surface area contributed by atoms with Gasteiger partial charge >= 0.3 is 0 Å². The van der Waals surface area contributed by atoms with Crippen molar-refractivity contribution in [1.82, 2.24) is 15.5 Å². The molecule has 0 aromatic carbocycles. The number of hydrogen-bond donors (Lipinski definition) is 2. The summed E-state index contributed by atoms with van der Waals surface area (Å²) in [5.41, 5.74) is 0. The van der Waals surface area contributed by atoms with Crippen molar-refractivity contribution in [2.45, 2.75) is 26.8 Å². The van der Waals surface area contributed by atoms with Crippen LogP contribution in [0.25, 0.3) is 0 Å². The highest BCUT2D eigenvalue weighted by Gasteiger charge is 2.08. The summed E-state index contributed by atoms with van der Waals surface area (Å²) in [5, 5.41) is 5.96. The van der Waals surface area contributed by atoms with E-state index in [1.807, 2.05) is 20.9 Å². The molecule has 1 amide bonds. The van der Waals surface area contributed by atoms with Gasteiger partial charge in [-0.1, -0.05) is 6.92 Å². The summed E-state index contributed by atoms with van der Waals surface area (Å²) < 4.78 is 0. The SMILES string of the molecule is CCN(CCNC)CC(=O)NC(C)C. The van der Waals surface area contributed by atoms with E-state index in [1.54, 1.807) is 0 Å². The summed E-state index contributed by atoms with van der Waals surface area (Å²) in [4.78, 5) is 13.5. The number of amides is 1. The Labute approximate surface area is 87.0 Å². The van der Waals surface area contributed by atoms with Gasteiger partial charge in [0.15, 0.2) is 0 Å². The fraction of sp³-hybridized carbons (Fsp3) is 0.900. The third kappa shape index (κ3) is 6.86. The van der Waals surface area contributed by atoms with Gasteiger partial charge < -0.3 is 10.6 Å². The quantitative estimate of drug-likeness (QED) is 0.612. The number of nitrogens with zero attached hydrogens (tertiary/aromatic N) is 1. The zero-order valence-corrected chi connectivity index (χ0v) is 9.76. The van der Waals surface area contributed by atoms with E-state index >= 15 is 0 Å². The molecule has 0 heterocycles. The highest BCUT2D eigenvalue weighted by molar-refractivity contribution is 5.78. The van der Waals surface area contributed by atoms with Gasteiger partial charge in [0.2, 0.25) is 5.91 Å². The Kier molecular flexibility index (Phi) is 7.42. The molecule has 0 saturated carbocycles. The van der Waals surface area contributed by atoms with Crippen molar-refractivity contribution < 1.29 is 4.79 Å². The molecule has 0 unspecified atom stereocenters. The van der Waals surface area contributed by atoms with Crippen LogP contribution in [0.2, 0.25) is 0 Å². The predicted octanol–water partition coefficient (Wildman–Crippen LogP) is 0.0523. The van der Waals surface area contributed by atoms with E-state index < -0.39 is 0 Å². The van der Waals surface area contributed by atoms with Gasteiger partial charge in [-0.05, 0) is 27.4 Å². The van der Waals surface area contributed by atoms with Crippen molar-refractivity contribution in [3.8, 4) is 0 Å². The molecule has 0 aliphatic rings. The van der Waals surface area contributed by atoms with Crippen LogP contribution >= 0.6 is 0 Å². The highest BCUT2D eigenvalue weighted by Crippen LogP contribution is 1.87. The van der Waals surface area contributed by atoms with E-state index in [2.05, 4.69) is 22.5 Å². The Morgan fingerprint density at radius 1 is 1.43 bits per heavy atom. The van der Waals surface area contributed by atoms with Crippen LogP contribution in [0.3, 0.4) is 0 Å². The smallest absolute Gasteiger partial charge is 0.234 e. The molecule has 0 aliphatic carbocycles. The van der Waals surface area contributed by atoms with Crippen LogP contribution in [-0.2, 0) is 4.79 Å². The number of rotatable bonds is 7. The first kappa shape index (κ1) is 13.4. The molecule has 0 aliphatic heterocycles. The number of carbonyl (C=O) groups is 1. The second-order valence-electron chi connectivity index (χ2n) is 3.69. The molecule has 0 fully saturated rings. The van der Waals surface area contributed by atoms with Gasteiger partial charge in [0.1, 0.15) is 0 Å². The average molecular weight is 201 g/mol. The van der Waals surface area contributed by atoms with Gasteiger partial charge in [-0.25, -0.2) is 0 Å². The molecular weight excluding hydrogens is 178 g/mol. The largest absolute Gasteiger partial charge is 0.353 e. The maximum Gasteiger partial charge on any atom is 0.234 e. The van der Waals surface area contributed by atoms with E-state index in [-0.39, 0.29) is 11.9 Å². The maximum absolute atomic E-state index is 11.4. The standard InChI is InChI=1S/C10H23N3O/c1-5-13(7-6-11-4)8-10(14)12-9(2)3/h9,11H,5-8H2,1-4H3,(H,12,14). The molecule has 0 aromatic heterocycles. The molecule has 4 heteroatoms. The lowest BCUT2D eigenvalue weighted by molar-refractivity contribution is -0.122. The molecule has 84 valence electrons. The van der Waals surface area contributed by atoms with Crippen LogP contribution in [0.1, 0.15) is 20.8 Å². The Bertz CT molecular complexity index is 159. The first-order valence-electron chi connectivity index (χ1n) is 5.26. The Hall–Kier alpha value is -0.610. The van der Waals surface area contributed by atoms with Gasteiger partial charge in [-0.3, -0.25) is 9.69 Å². The number of hydrogen-bond acceptors (Lipinski definition) is 3. The number of carbonyl (C=O) groups excluding carboxylic acids is 1. The highest BCUT2D eigenvalue weighted by atomic mass is 16.2. The molecule has 0 saturated heterocycles. The summed E-state index contributed by atoms with van der Waals surface area (Å²) in [6.45, 7) is 9.26. The summed E-state index contributed by atoms with van der Waals surface area (Å²) in [6.07, 6.45) is 0. The van der Waals surface area contributed by atoms with Crippen LogP contribution < -0.4 is 10.6 Å². The normalized spacial score (nSPS) is 11.0. The molecule has 14 heavy (non-hydrogen) atoms. The topological polar surface area (TPSA) is 44.4 Å². The number of likely N-dealkylation sites (N-methyl/N-ethyl adjacent to an activating group) is 2. The molecule has 0 atom stereocenters. The zero-order valence-electron chi connectivity index (χ0n) is 9.76. The maximum atomic E-state index is 11.4. The van der Waals surface area contributed by atoms with Gasteiger partial charge in [-0.2, -0.15) is 0 Å². The van der Waals surface area contributed by atoms with Crippen LogP contribution in [0.4, 0.5) is 0 Å². The van der Waals surface area contributed by atoms with Crippen molar-refractivity contribution in [2.75, 3.05) is 33.2 Å². The number of nitrogens with one attached hydrogen (secondary N) is 2. The lowest BCUT2D eigenvalue weighted by Gasteiger charge is -2.20. The molecule has 0 aromatic rings. The monoisotopic (exact) mass is 201 g/mol. The Morgan fingerprint density at radius 2 is 2.07 bits per heavy atom. The minimum absolute atomic E-state index is 0.109. The predicted molar refractivity (Wildman–Crippen MR) is 59.3 cm³/mol. The van der Waals surface area contributed by atoms with E-state index in [4.69, 9.17) is 0 Å². The third-order valence-electron chi connectivity index (χ3n) is 1.94. The van der Waals surface area contributed by atoms with Gasteiger partial charge in [0, 0.05) is 19.1 Å². The van der Waals surface area contributed by atoms with Crippen molar-refractivity contribution in [2.24, 2.45) is 0 Å². The van der Waals surface area contributed by atoms with Crippen molar-refractivity contribution >= 4 is 5.91 Å². The summed E-state index contributed by atoms with van der Waals surface area (Å²) in [6, 6.07) is 0.227. The third-order valence-corrected chi connectivity index (χ3v) is 1.94. The van der Waals surface area contributed by atoms with Crippen LogP contribution in [-0.4, -0.2) is 50.1 Å². The second kappa shape index (κ2) is 7.76. The van der Waals surface area contributed by atoms with Crippen LogP contribution in [0, 0.1) is 0 Å². The Balaban J connectivity index is 3.74. The van der Waals surface area contributed by atoms with Crippen LogP contribution in [0.5, 0.6) is 0 Å². The lowest BCUT2D eigenvalue weighted by atomic mass is 10.3. The summed E-state index contributed by atoms with van der Waals surface area (Å²) in [5.74, 6) is 0.109. The van der Waals surface area contributed by atoms with Gasteiger partial charge in [0.25, 0.3) is 0 Å². The Morgan fingerprint density at radius 3 is 2.50 bits per heavy atom. The summed E-state index contributed by atoms with van der Waals surface area (Å²) in [7, 11) is 1.92. The lowest BCUT2D eigenvalue weighted by Crippen LogP contribution is -2.41. The molecule has 4 nitrogen and oxygen atoms in total. The first-order valence-corrected chi connectivity index (χ1v) is 5.26. The molecule has 0 bridgehead atoms. The van der Waals surface area contributed by atoms with E-state index in [0.717, 1.165) is 19.6 Å². The van der Waals surface area contributed by atoms with Crippen molar-refractivity contribution in [3.63, 3.8) is 0 Å². The molecular formula is C10H23N3O. The van der Waals surface area contributed by atoms with Gasteiger partial charge in [-0.15, -0.1) is 0 Å². The molecule has 0 spiro atoms. The molecule has 0 rings (SSSR count). The van der Waals surface area contributed by atoms with E-state index in [0.29, 0.717) is 6.54 Å². The van der Waals surface area contributed by atoms with E-state index in [1.165, 1.54) is 0 Å². The minimum Gasteiger partial charge on any atom is -0.353 e. The van der Waals surface area contributed by atoms with Crippen LogP contribution in [0.15, 0.2) is 0 Å². The van der Waals surface area contributed by atoms with Crippen molar-refractivity contribution in [1.29, 1.82) is 0 Å². The minimum atomic E-state index is 0.109.